The zero-order chi connectivity index (χ0) is 39.6. The van der Waals surface area contributed by atoms with E-state index in [4.69, 9.17) is 4.74 Å². The molecule has 0 saturated carbocycles. The number of hydrogen-bond acceptors (Lipinski definition) is 4. The highest BCUT2D eigenvalue weighted by molar-refractivity contribution is 7.00. The molecular weight excluding hydrogens is 717 g/mol. The first kappa shape index (κ1) is 34.1. The van der Waals surface area contributed by atoms with Crippen LogP contribution in [0.25, 0.3) is 0 Å². The third-order valence-corrected chi connectivity index (χ3v) is 13.4. The first-order chi connectivity index (χ1) is 28.9. The fraction of sp³-hybridized carbons (Fsp3) is 0.111. The zero-order valence-corrected chi connectivity index (χ0v) is 33.7. The Kier molecular flexibility index (Phi) is 7.23. The molecule has 0 saturated heterocycles. The van der Waals surface area contributed by atoms with Gasteiger partial charge in [-0.1, -0.05) is 110 Å². The number of hydrogen-bond donors (Lipinski definition) is 0. The average Bonchev–Trinajstić information content (AvgIpc) is 3.27. The molecule has 2 aliphatic carbocycles. The van der Waals surface area contributed by atoms with E-state index in [2.05, 4.69) is 212 Å². The van der Waals surface area contributed by atoms with Gasteiger partial charge in [-0.25, -0.2) is 0 Å². The number of nitrogens with zero attached hydrogens (tertiary/aromatic N) is 3. The normalized spacial score (nSPS) is 14.5. The molecule has 0 fully saturated rings. The Bertz CT molecular complexity index is 3010. The maximum absolute atomic E-state index is 6.94. The van der Waals surface area contributed by atoms with E-state index in [1.165, 1.54) is 78.2 Å². The van der Waals surface area contributed by atoms with Crippen molar-refractivity contribution < 1.29 is 4.74 Å². The minimum absolute atomic E-state index is 0.0697. The van der Waals surface area contributed by atoms with Gasteiger partial charge in [0, 0.05) is 62.0 Å². The Hall–Kier alpha value is -6.98. The van der Waals surface area contributed by atoms with Crippen molar-refractivity contribution in [2.45, 2.75) is 39.5 Å². The van der Waals surface area contributed by atoms with Gasteiger partial charge < -0.3 is 19.4 Å². The predicted octanol–water partition coefficient (Wildman–Crippen LogP) is 12.2. The Morgan fingerprint density at radius 2 is 1.22 bits per heavy atom. The number of fused-ring (bicyclic) bond motifs is 4. The summed E-state index contributed by atoms with van der Waals surface area (Å²) in [5.41, 5.74) is 22.3. The molecule has 59 heavy (non-hydrogen) atoms. The van der Waals surface area contributed by atoms with Gasteiger partial charge >= 0.3 is 0 Å². The summed E-state index contributed by atoms with van der Waals surface area (Å²) >= 11 is 0. The third kappa shape index (κ3) is 4.85. The smallest absolute Gasteiger partial charge is 0.252 e. The molecular formula is C54H42BN3O. The Balaban J connectivity index is 1.11. The largest absolute Gasteiger partial charge is 0.455 e. The van der Waals surface area contributed by atoms with Gasteiger partial charge in [0.05, 0.1) is 5.69 Å². The lowest BCUT2D eigenvalue weighted by Crippen LogP contribution is -2.63. The van der Waals surface area contributed by atoms with E-state index in [0.717, 1.165) is 40.7 Å². The molecule has 0 amide bonds. The van der Waals surface area contributed by atoms with Crippen molar-refractivity contribution in [1.29, 1.82) is 0 Å². The molecule has 282 valence electrons. The van der Waals surface area contributed by atoms with Crippen molar-refractivity contribution >= 4 is 74.3 Å². The second-order valence-corrected chi connectivity index (χ2v) is 17.0. The number of ether oxygens (including phenoxy) is 1. The summed E-state index contributed by atoms with van der Waals surface area (Å²) in [5.74, 6) is 1.80. The molecule has 8 aromatic carbocycles. The first-order valence-electron chi connectivity index (χ1n) is 20.8. The molecule has 4 nitrogen and oxygen atoms in total. The van der Waals surface area contributed by atoms with Crippen molar-refractivity contribution in [2.24, 2.45) is 0 Å². The van der Waals surface area contributed by atoms with Gasteiger partial charge in [-0.15, -0.1) is 0 Å². The number of para-hydroxylation sites is 4. The van der Waals surface area contributed by atoms with Gasteiger partial charge in [-0.2, -0.15) is 0 Å². The zero-order valence-electron chi connectivity index (χ0n) is 33.7. The summed E-state index contributed by atoms with van der Waals surface area (Å²) in [6, 6.07) is 62.3. The van der Waals surface area contributed by atoms with Crippen LogP contribution in [0.1, 0.15) is 47.2 Å². The van der Waals surface area contributed by atoms with E-state index in [1.807, 2.05) is 0 Å². The Morgan fingerprint density at radius 3 is 1.98 bits per heavy atom. The molecule has 5 heteroatoms. The molecule has 0 aromatic heterocycles. The average molecular weight is 760 g/mol. The second-order valence-electron chi connectivity index (χ2n) is 17.0. The van der Waals surface area contributed by atoms with E-state index in [9.17, 15) is 0 Å². The van der Waals surface area contributed by atoms with Crippen LogP contribution in [0.3, 0.4) is 0 Å². The van der Waals surface area contributed by atoms with Crippen LogP contribution < -0.4 is 35.8 Å². The Labute approximate surface area is 346 Å². The van der Waals surface area contributed by atoms with Gasteiger partial charge in [0.1, 0.15) is 5.75 Å². The van der Waals surface area contributed by atoms with Crippen LogP contribution in [0, 0.1) is 13.8 Å². The van der Waals surface area contributed by atoms with E-state index in [0.29, 0.717) is 0 Å². The van der Waals surface area contributed by atoms with Gasteiger partial charge in [-0.3, -0.25) is 0 Å². The summed E-state index contributed by atoms with van der Waals surface area (Å²) in [6.07, 6.45) is 1.02. The summed E-state index contributed by atoms with van der Waals surface area (Å²) in [4.78, 5) is 7.41. The summed E-state index contributed by atoms with van der Waals surface area (Å²) in [7, 11) is 0. The SMILES string of the molecule is Cc1ccc(N2c3cccc4c3B(c3ccc(N(c5ccccc5)c5cccc6c5Oc5ccccc5C6(C)C)cc3N4c3ccccc3)c3c2cc2c(C)c3C2)cc1. The lowest BCUT2D eigenvalue weighted by Gasteiger charge is -2.47. The maximum Gasteiger partial charge on any atom is 0.252 e. The number of aryl methyl sites for hydroxylation is 2. The topological polar surface area (TPSA) is 19.0 Å². The molecule has 0 unspecified atom stereocenters. The molecule has 5 aliphatic rings. The molecule has 0 atom stereocenters. The lowest BCUT2D eigenvalue weighted by atomic mass is 9.32. The standard InChI is InChI=1S/C54H42BN3O/c1-34-25-27-39(28-26-34)58-46-22-14-21-45-52(46)55(51-41-31-36(35(41)2)32-49(51)58)44-30-29-40(33-48(44)57(45)38-17-9-6-10-18-38)56(37-15-7-5-8-16-37)47-23-13-20-43-53(47)59-50-24-12-11-19-42(50)54(43,3)4/h5-30,32-33H,31H2,1-4H3. The van der Waals surface area contributed by atoms with Crippen molar-refractivity contribution in [3.05, 3.63) is 203 Å². The molecule has 2 bridgehead atoms. The first-order valence-corrected chi connectivity index (χ1v) is 20.8. The Morgan fingerprint density at radius 1 is 0.559 bits per heavy atom. The van der Waals surface area contributed by atoms with Crippen molar-refractivity contribution in [2.75, 3.05) is 14.7 Å². The third-order valence-electron chi connectivity index (χ3n) is 13.4. The van der Waals surface area contributed by atoms with Gasteiger partial charge in [0.25, 0.3) is 6.71 Å². The van der Waals surface area contributed by atoms with Crippen molar-refractivity contribution in [3.8, 4) is 11.5 Å². The molecule has 3 heterocycles. The number of rotatable bonds is 5. The predicted molar refractivity (Wildman–Crippen MR) is 246 cm³/mol. The maximum atomic E-state index is 6.94. The van der Waals surface area contributed by atoms with Crippen LogP contribution in [0.4, 0.5) is 51.2 Å². The van der Waals surface area contributed by atoms with E-state index < -0.39 is 0 Å². The highest BCUT2D eigenvalue weighted by Crippen LogP contribution is 2.54. The molecule has 0 spiro atoms. The van der Waals surface area contributed by atoms with Crippen molar-refractivity contribution in [3.63, 3.8) is 0 Å². The van der Waals surface area contributed by atoms with Crippen LogP contribution >= 0.6 is 0 Å². The monoisotopic (exact) mass is 759 g/mol. The van der Waals surface area contributed by atoms with Crippen molar-refractivity contribution in [1.82, 2.24) is 0 Å². The van der Waals surface area contributed by atoms with E-state index in [-0.39, 0.29) is 12.1 Å². The summed E-state index contributed by atoms with van der Waals surface area (Å²) in [5, 5.41) is 0. The molecule has 8 aromatic rings. The minimum atomic E-state index is -0.245. The van der Waals surface area contributed by atoms with E-state index >= 15 is 0 Å². The molecule has 0 radical (unpaired) electrons. The lowest BCUT2D eigenvalue weighted by molar-refractivity contribution is 0.419. The van der Waals surface area contributed by atoms with E-state index in [1.54, 1.807) is 0 Å². The molecule has 0 N–H and O–H groups in total. The fourth-order valence-electron chi connectivity index (χ4n) is 10.4. The summed E-state index contributed by atoms with van der Waals surface area (Å²) < 4.78 is 6.94. The van der Waals surface area contributed by atoms with Crippen LogP contribution in [-0.2, 0) is 11.8 Å². The van der Waals surface area contributed by atoms with Crippen LogP contribution in [0.15, 0.2) is 170 Å². The van der Waals surface area contributed by atoms with Gasteiger partial charge in [0.15, 0.2) is 5.75 Å². The number of anilines is 9. The fourth-order valence-corrected chi connectivity index (χ4v) is 10.4. The van der Waals surface area contributed by atoms with Gasteiger partial charge in [-0.05, 0) is 132 Å². The highest BCUT2D eigenvalue weighted by atomic mass is 16.5. The highest BCUT2D eigenvalue weighted by Gasteiger charge is 2.46. The number of benzene rings is 8. The van der Waals surface area contributed by atoms with Crippen LogP contribution in [0.5, 0.6) is 11.5 Å². The molecule has 13 rings (SSSR count). The quantitative estimate of drug-likeness (QED) is 0.163. The van der Waals surface area contributed by atoms with Gasteiger partial charge in [0.2, 0.25) is 0 Å². The van der Waals surface area contributed by atoms with Crippen LogP contribution in [0.2, 0.25) is 0 Å². The minimum Gasteiger partial charge on any atom is -0.455 e. The molecule has 3 aliphatic heterocycles. The van der Waals surface area contributed by atoms with Crippen LogP contribution in [-0.4, -0.2) is 6.71 Å². The summed E-state index contributed by atoms with van der Waals surface area (Å²) in [6.45, 7) is 9.16. The second kappa shape index (κ2) is 12.5.